The number of aromatic hydroxyl groups is 2. The highest BCUT2D eigenvalue weighted by Gasteiger charge is 2.35. The Kier molecular flexibility index (Phi) is 18.2. The molecule has 2 aromatic rings. The van der Waals surface area contributed by atoms with Gasteiger partial charge in [0.2, 0.25) is 23.6 Å². The normalized spacial score (nSPS) is 17.8. The number of aliphatic carboxylic acids is 1. The number of phenolic OH excluding ortho intramolecular Hbond substituents is 2. The Balaban J connectivity index is 1.84. The summed E-state index contributed by atoms with van der Waals surface area (Å²) in [4.78, 5) is 67.8. The van der Waals surface area contributed by atoms with Crippen LogP contribution >= 0.6 is 0 Å². The summed E-state index contributed by atoms with van der Waals surface area (Å²) in [7, 11) is 1.42. The number of benzene rings is 2. The molecule has 0 radical (unpaired) electrons. The summed E-state index contributed by atoms with van der Waals surface area (Å²) in [5, 5.41) is 42.8. The summed E-state index contributed by atoms with van der Waals surface area (Å²) in [5.74, 6) is -4.16. The highest BCUT2D eigenvalue weighted by Crippen LogP contribution is 2.38. The van der Waals surface area contributed by atoms with Crippen molar-refractivity contribution in [1.82, 2.24) is 26.2 Å². The van der Waals surface area contributed by atoms with Crippen LogP contribution in [0.5, 0.6) is 11.5 Å². The first kappa shape index (κ1) is 43.7. The Bertz CT molecular complexity index is 1570. The van der Waals surface area contributed by atoms with Crippen molar-refractivity contribution < 1.29 is 39.3 Å². The molecule has 1 aliphatic rings. The van der Waals surface area contributed by atoms with Crippen molar-refractivity contribution in [3.63, 3.8) is 0 Å². The van der Waals surface area contributed by atoms with Crippen molar-refractivity contribution in [3.8, 4) is 22.6 Å². The number of hydrogen-bond acceptors (Lipinski definition) is 9. The van der Waals surface area contributed by atoms with Gasteiger partial charge in [-0.15, -0.1) is 0 Å². The molecule has 1 heterocycles. The average molecular weight is 753 g/mol. The van der Waals surface area contributed by atoms with Gasteiger partial charge in [0, 0.05) is 37.6 Å². The second kappa shape index (κ2) is 22.5. The van der Waals surface area contributed by atoms with Crippen LogP contribution in [-0.2, 0) is 30.4 Å². The van der Waals surface area contributed by atoms with E-state index in [2.05, 4.69) is 28.2 Å². The molecule has 14 heteroatoms. The second-order valence-electron chi connectivity index (χ2n) is 14.2. The number of amides is 4. The molecule has 9 N–H and O–H groups in total. The number of nitrogens with two attached hydrogens (primary N) is 1. The smallest absolute Gasteiger partial charge is 0.326 e. The van der Waals surface area contributed by atoms with Gasteiger partial charge in [0.25, 0.3) is 0 Å². The number of rotatable bonds is 20. The maximum Gasteiger partial charge on any atom is 0.326 e. The third-order valence-corrected chi connectivity index (χ3v) is 9.79. The minimum atomic E-state index is -1.37. The van der Waals surface area contributed by atoms with Crippen molar-refractivity contribution in [2.75, 3.05) is 26.7 Å². The number of phenols is 2. The van der Waals surface area contributed by atoms with Gasteiger partial charge in [0.05, 0.1) is 0 Å². The van der Waals surface area contributed by atoms with E-state index < -0.39 is 47.9 Å². The van der Waals surface area contributed by atoms with Gasteiger partial charge in [0.1, 0.15) is 35.7 Å². The first-order chi connectivity index (χ1) is 25.9. The molecule has 0 aromatic heterocycles. The number of unbranched alkanes of at least 4 members (excludes halogenated alkanes) is 8. The van der Waals surface area contributed by atoms with E-state index in [9.17, 15) is 39.3 Å². The summed E-state index contributed by atoms with van der Waals surface area (Å²) in [6, 6.07) is 3.72. The Morgan fingerprint density at radius 2 is 1.52 bits per heavy atom. The van der Waals surface area contributed by atoms with E-state index in [1.165, 1.54) is 93.8 Å². The lowest BCUT2D eigenvalue weighted by Crippen LogP contribution is -2.54. The second-order valence-corrected chi connectivity index (χ2v) is 14.2. The highest BCUT2D eigenvalue weighted by atomic mass is 16.4. The van der Waals surface area contributed by atoms with E-state index >= 15 is 0 Å². The van der Waals surface area contributed by atoms with E-state index in [1.807, 2.05) is 0 Å². The molecule has 2 aromatic carbocycles. The zero-order valence-corrected chi connectivity index (χ0v) is 32.0. The summed E-state index contributed by atoms with van der Waals surface area (Å²) in [5.41, 5.74) is 6.73. The average Bonchev–Trinajstić information content (AvgIpc) is 3.13. The molecule has 0 saturated carbocycles. The molecule has 1 aliphatic heterocycles. The molecule has 4 bridgehead atoms. The third-order valence-electron chi connectivity index (χ3n) is 9.79. The van der Waals surface area contributed by atoms with Crippen LogP contribution in [0, 0.1) is 0 Å². The largest absolute Gasteiger partial charge is 0.507 e. The Morgan fingerprint density at radius 1 is 0.870 bits per heavy atom. The Hall–Kier alpha value is -4.69. The fraction of sp³-hybridized carbons (Fsp3) is 0.575. The molecule has 0 spiro atoms. The summed E-state index contributed by atoms with van der Waals surface area (Å²) in [6.45, 7) is 5.24. The number of carboxylic acid groups (broad SMARTS) is 1. The first-order valence-corrected chi connectivity index (χ1v) is 19.3. The number of fused-ring (bicyclic) bond motifs is 5. The van der Waals surface area contributed by atoms with Crippen LogP contribution in [0.4, 0.5) is 0 Å². The number of hydrogen-bond donors (Lipinski definition) is 8. The lowest BCUT2D eigenvalue weighted by atomic mass is 9.93. The Morgan fingerprint density at radius 3 is 2.19 bits per heavy atom. The molecule has 14 nitrogen and oxygen atoms in total. The number of likely N-dealkylation sites (N-methyl/N-ethyl adjacent to an activating group) is 1. The van der Waals surface area contributed by atoms with Crippen molar-refractivity contribution in [2.24, 2.45) is 5.73 Å². The monoisotopic (exact) mass is 752 g/mol. The maximum atomic E-state index is 14.2. The van der Waals surface area contributed by atoms with E-state index in [1.54, 1.807) is 0 Å². The van der Waals surface area contributed by atoms with E-state index in [0.717, 1.165) is 19.4 Å². The van der Waals surface area contributed by atoms with Gasteiger partial charge in [-0.05, 0) is 81.1 Å². The van der Waals surface area contributed by atoms with Crippen LogP contribution in [-0.4, -0.2) is 94.6 Å². The molecule has 0 fully saturated rings. The lowest BCUT2D eigenvalue weighted by molar-refractivity contribution is -0.144. The predicted molar refractivity (Wildman–Crippen MR) is 207 cm³/mol. The quantitative estimate of drug-likeness (QED) is 0.0918. The number of nitrogens with zero attached hydrogens (tertiary/aromatic N) is 1. The van der Waals surface area contributed by atoms with Gasteiger partial charge in [-0.3, -0.25) is 19.2 Å². The van der Waals surface area contributed by atoms with Gasteiger partial charge < -0.3 is 47.2 Å². The van der Waals surface area contributed by atoms with Crippen molar-refractivity contribution in [2.45, 2.75) is 121 Å². The van der Waals surface area contributed by atoms with Gasteiger partial charge in [-0.2, -0.15) is 0 Å². The van der Waals surface area contributed by atoms with Gasteiger partial charge in [0.15, 0.2) is 0 Å². The van der Waals surface area contributed by atoms with Crippen LogP contribution in [0.25, 0.3) is 11.1 Å². The van der Waals surface area contributed by atoms with Crippen molar-refractivity contribution in [3.05, 3.63) is 47.5 Å². The number of carboxylic acids is 1. The fourth-order valence-electron chi connectivity index (χ4n) is 6.61. The van der Waals surface area contributed by atoms with Crippen molar-refractivity contribution in [1.29, 1.82) is 0 Å². The highest BCUT2D eigenvalue weighted by molar-refractivity contribution is 5.96. The minimum absolute atomic E-state index is 0.137. The molecule has 4 atom stereocenters. The van der Waals surface area contributed by atoms with E-state index in [4.69, 9.17) is 5.73 Å². The molecule has 298 valence electrons. The minimum Gasteiger partial charge on any atom is -0.507 e. The molecule has 0 aliphatic carbocycles. The zero-order chi connectivity index (χ0) is 39.6. The van der Waals surface area contributed by atoms with Crippen LogP contribution in [0.3, 0.4) is 0 Å². The Labute approximate surface area is 318 Å². The van der Waals surface area contributed by atoms with Crippen molar-refractivity contribution >= 4 is 29.6 Å². The van der Waals surface area contributed by atoms with Gasteiger partial charge in [-0.25, -0.2) is 4.79 Å². The maximum absolute atomic E-state index is 14.2. The standard InChI is InChI=1S/C40H60N6O8/c1-4-5-6-7-8-9-10-13-21-42-22-19-35(49)44-31(14-11-12-20-41)39(52)46(3)36-28-16-18-34(48)30(25-28)29-23-27(15-17-33(29)47)24-32(40(53)54)45-37(50)26(2)43-38(36)51/h15-18,23,25-26,31-32,36,42,47-48H,4-14,19-22,24,41H2,1-3H3,(H,43,51)(H,44,49)(H,45,50)(H,53,54). The molecule has 4 unspecified atom stereocenters. The predicted octanol–water partition coefficient (Wildman–Crippen LogP) is 3.63. The van der Waals surface area contributed by atoms with Crippen LogP contribution < -0.4 is 27.0 Å². The molecular formula is C40H60N6O8. The van der Waals surface area contributed by atoms with Crippen LogP contribution in [0.15, 0.2) is 36.4 Å². The van der Waals surface area contributed by atoms with E-state index in [-0.39, 0.29) is 53.4 Å². The molecule has 0 saturated heterocycles. The fourth-order valence-corrected chi connectivity index (χ4v) is 6.61. The molecule has 54 heavy (non-hydrogen) atoms. The zero-order valence-electron chi connectivity index (χ0n) is 32.0. The van der Waals surface area contributed by atoms with E-state index in [0.29, 0.717) is 31.5 Å². The number of carbonyl (C=O) groups excluding carboxylic acids is 4. The van der Waals surface area contributed by atoms with Crippen LogP contribution in [0.1, 0.15) is 108 Å². The topological polar surface area (TPSA) is 223 Å². The van der Waals surface area contributed by atoms with Crippen LogP contribution in [0.2, 0.25) is 0 Å². The number of carbonyl (C=O) groups is 5. The summed E-state index contributed by atoms with van der Waals surface area (Å²) >= 11 is 0. The van der Waals surface area contributed by atoms with Gasteiger partial charge >= 0.3 is 5.97 Å². The summed E-state index contributed by atoms with van der Waals surface area (Å²) < 4.78 is 0. The third kappa shape index (κ3) is 13.3. The molecule has 4 amide bonds. The molecule has 3 rings (SSSR count). The SMILES string of the molecule is CCCCCCCCCCNCCC(=O)NC(CCCCN)C(=O)N(C)C1C(=O)NC(C)C(=O)NC(C(=O)O)Cc2ccc(O)c(c2)-c2cc1ccc2O. The summed E-state index contributed by atoms with van der Waals surface area (Å²) in [6.07, 6.45) is 11.1. The first-order valence-electron chi connectivity index (χ1n) is 19.3. The lowest BCUT2D eigenvalue weighted by Gasteiger charge is -2.32. The molecular weight excluding hydrogens is 692 g/mol. The van der Waals surface area contributed by atoms with Gasteiger partial charge in [-0.1, -0.05) is 64.0 Å². The number of nitrogens with one attached hydrogen (secondary N) is 4.